The van der Waals surface area contributed by atoms with E-state index in [2.05, 4.69) is 29.1 Å². The predicted molar refractivity (Wildman–Crippen MR) is 53.0 cm³/mol. The van der Waals surface area contributed by atoms with Gasteiger partial charge in [-0.1, -0.05) is 19.2 Å². The Labute approximate surface area is 81.0 Å². The van der Waals surface area contributed by atoms with Gasteiger partial charge in [-0.3, -0.25) is 0 Å². The quantitative estimate of drug-likeness (QED) is 0.423. The van der Waals surface area contributed by atoms with Crippen LogP contribution >= 0.6 is 15.9 Å². The SMILES string of the molecule is C=CC[n+]1ccn(C(Br)C=C)c1. The molecular weight excluding hydrogens is 216 g/mol. The van der Waals surface area contributed by atoms with E-state index in [1.807, 2.05) is 40.0 Å². The normalized spacial score (nSPS) is 12.4. The number of allylic oxidation sites excluding steroid dienone is 2. The van der Waals surface area contributed by atoms with Crippen LogP contribution in [-0.2, 0) is 6.54 Å². The fourth-order valence-corrected chi connectivity index (χ4v) is 1.18. The maximum Gasteiger partial charge on any atom is 0.245 e. The third-order valence-electron chi connectivity index (χ3n) is 1.53. The van der Waals surface area contributed by atoms with Crippen LogP contribution in [-0.4, -0.2) is 4.57 Å². The molecule has 1 aromatic rings. The van der Waals surface area contributed by atoms with Crippen molar-refractivity contribution in [3.05, 3.63) is 44.0 Å². The molecule has 1 heterocycles. The molecule has 0 fully saturated rings. The molecule has 1 rings (SSSR count). The molecule has 0 saturated heterocycles. The highest BCUT2D eigenvalue weighted by molar-refractivity contribution is 9.09. The minimum absolute atomic E-state index is 0.170. The van der Waals surface area contributed by atoms with Crippen LogP contribution in [0.5, 0.6) is 0 Å². The van der Waals surface area contributed by atoms with E-state index >= 15 is 0 Å². The fourth-order valence-electron chi connectivity index (χ4n) is 0.936. The first-order valence-corrected chi connectivity index (χ1v) is 4.63. The lowest BCUT2D eigenvalue weighted by molar-refractivity contribution is -0.686. The molecule has 12 heavy (non-hydrogen) atoms. The van der Waals surface area contributed by atoms with Crippen LogP contribution in [0.3, 0.4) is 0 Å². The van der Waals surface area contributed by atoms with Gasteiger partial charge >= 0.3 is 0 Å². The number of rotatable bonds is 4. The van der Waals surface area contributed by atoms with Crippen molar-refractivity contribution in [3.8, 4) is 0 Å². The summed E-state index contributed by atoms with van der Waals surface area (Å²) in [6.45, 7) is 8.20. The van der Waals surface area contributed by atoms with Crippen molar-refractivity contribution in [2.75, 3.05) is 0 Å². The first-order valence-electron chi connectivity index (χ1n) is 3.72. The summed E-state index contributed by atoms with van der Waals surface area (Å²) >= 11 is 3.46. The summed E-state index contributed by atoms with van der Waals surface area (Å²) in [4.78, 5) is 0.170. The molecule has 0 amide bonds. The molecule has 1 atom stereocenters. The minimum Gasteiger partial charge on any atom is -0.233 e. The van der Waals surface area contributed by atoms with Gasteiger partial charge in [0.25, 0.3) is 0 Å². The van der Waals surface area contributed by atoms with Crippen LogP contribution in [0.1, 0.15) is 4.95 Å². The summed E-state index contributed by atoms with van der Waals surface area (Å²) in [5.74, 6) is 0. The number of hydrogen-bond acceptors (Lipinski definition) is 0. The largest absolute Gasteiger partial charge is 0.245 e. The van der Waals surface area contributed by atoms with E-state index in [4.69, 9.17) is 0 Å². The van der Waals surface area contributed by atoms with Gasteiger partial charge in [0, 0.05) is 0 Å². The summed E-state index contributed by atoms with van der Waals surface area (Å²) in [6.07, 6.45) is 9.69. The van der Waals surface area contributed by atoms with E-state index in [9.17, 15) is 0 Å². The molecule has 0 aliphatic carbocycles. The second-order valence-electron chi connectivity index (χ2n) is 2.45. The predicted octanol–water partition coefficient (Wildman–Crippen LogP) is 2.04. The molecule has 3 heteroatoms. The lowest BCUT2D eigenvalue weighted by Crippen LogP contribution is -2.29. The summed E-state index contributed by atoms with van der Waals surface area (Å²) < 4.78 is 4.07. The van der Waals surface area contributed by atoms with Gasteiger partial charge in [-0.05, 0) is 22.0 Å². The van der Waals surface area contributed by atoms with Gasteiger partial charge in [-0.15, -0.1) is 0 Å². The van der Waals surface area contributed by atoms with E-state index in [1.165, 1.54) is 0 Å². The van der Waals surface area contributed by atoms with E-state index in [1.54, 1.807) is 0 Å². The lowest BCUT2D eigenvalue weighted by Gasteiger charge is -1.96. The molecule has 0 aliphatic heterocycles. The number of nitrogens with zero attached hydrogens (tertiary/aromatic N) is 2. The Bertz CT molecular complexity index is 278. The molecule has 0 saturated carbocycles. The zero-order chi connectivity index (χ0) is 8.97. The van der Waals surface area contributed by atoms with Crippen LogP contribution in [0, 0.1) is 0 Å². The highest BCUT2D eigenvalue weighted by Gasteiger charge is 2.07. The average Bonchev–Trinajstić information content (AvgIpc) is 2.52. The molecule has 0 spiro atoms. The standard InChI is InChI=1S/C9H12BrN2/c1-3-5-11-6-7-12(8-11)9(10)4-2/h3-4,6-9H,1-2,5H2/q+1. The zero-order valence-electron chi connectivity index (χ0n) is 6.86. The Morgan fingerprint density at radius 2 is 2.33 bits per heavy atom. The Morgan fingerprint density at radius 1 is 1.58 bits per heavy atom. The second-order valence-corrected chi connectivity index (χ2v) is 3.39. The maximum absolute atomic E-state index is 3.70. The minimum atomic E-state index is 0.170. The number of halogens is 1. The Hall–Kier alpha value is -0.830. The average molecular weight is 228 g/mol. The van der Waals surface area contributed by atoms with Crippen LogP contribution < -0.4 is 4.57 Å². The number of aromatic nitrogens is 2. The molecule has 0 bridgehead atoms. The number of hydrogen-bond donors (Lipinski definition) is 0. The van der Waals surface area contributed by atoms with Gasteiger partial charge in [0.05, 0.1) is 0 Å². The molecule has 2 nitrogen and oxygen atoms in total. The molecule has 0 radical (unpaired) electrons. The molecule has 0 aromatic carbocycles. The van der Waals surface area contributed by atoms with Gasteiger partial charge in [-0.25, -0.2) is 9.13 Å². The fraction of sp³-hybridized carbons (Fsp3) is 0.222. The summed E-state index contributed by atoms with van der Waals surface area (Å²) in [6, 6.07) is 0. The zero-order valence-corrected chi connectivity index (χ0v) is 8.44. The molecule has 1 aromatic heterocycles. The van der Waals surface area contributed by atoms with Crippen molar-refractivity contribution in [3.63, 3.8) is 0 Å². The van der Waals surface area contributed by atoms with E-state index < -0.39 is 0 Å². The van der Waals surface area contributed by atoms with E-state index in [-0.39, 0.29) is 4.95 Å². The van der Waals surface area contributed by atoms with Crippen LogP contribution in [0.4, 0.5) is 0 Å². The van der Waals surface area contributed by atoms with Crippen molar-refractivity contribution < 1.29 is 4.57 Å². The topological polar surface area (TPSA) is 8.81 Å². The van der Waals surface area contributed by atoms with Gasteiger partial charge in [0.1, 0.15) is 18.9 Å². The van der Waals surface area contributed by atoms with Gasteiger partial charge in [0.2, 0.25) is 6.33 Å². The number of imidazole rings is 1. The first kappa shape index (κ1) is 9.26. The summed E-state index contributed by atoms with van der Waals surface area (Å²) in [5.41, 5.74) is 0. The van der Waals surface area contributed by atoms with Gasteiger partial charge in [-0.2, -0.15) is 0 Å². The van der Waals surface area contributed by atoms with Crippen LogP contribution in [0.25, 0.3) is 0 Å². The van der Waals surface area contributed by atoms with Crippen molar-refractivity contribution >= 4 is 15.9 Å². The lowest BCUT2D eigenvalue weighted by atomic mass is 10.6. The van der Waals surface area contributed by atoms with Crippen LogP contribution in [0.15, 0.2) is 44.0 Å². The third kappa shape index (κ3) is 2.08. The first-order chi connectivity index (χ1) is 5.77. The smallest absolute Gasteiger partial charge is 0.233 e. The molecule has 0 N–H and O–H groups in total. The highest BCUT2D eigenvalue weighted by atomic mass is 79.9. The Balaban J connectivity index is 2.75. The van der Waals surface area contributed by atoms with E-state index in [0.29, 0.717) is 0 Å². The van der Waals surface area contributed by atoms with Crippen LogP contribution in [0.2, 0.25) is 0 Å². The van der Waals surface area contributed by atoms with Crippen molar-refractivity contribution in [1.82, 2.24) is 4.57 Å². The molecule has 1 unspecified atom stereocenters. The molecule has 0 aliphatic rings. The maximum atomic E-state index is 3.70. The number of alkyl halides is 1. The van der Waals surface area contributed by atoms with Gasteiger partial charge in [0.15, 0.2) is 4.95 Å². The molecule has 64 valence electrons. The summed E-state index contributed by atoms with van der Waals surface area (Å²) in [7, 11) is 0. The van der Waals surface area contributed by atoms with Crippen molar-refractivity contribution in [2.45, 2.75) is 11.5 Å². The Morgan fingerprint density at radius 3 is 2.92 bits per heavy atom. The third-order valence-corrected chi connectivity index (χ3v) is 2.38. The van der Waals surface area contributed by atoms with Crippen molar-refractivity contribution in [1.29, 1.82) is 0 Å². The second kappa shape index (κ2) is 4.26. The highest BCUT2D eigenvalue weighted by Crippen LogP contribution is 2.13. The molecular formula is C9H12BrN2+. The van der Waals surface area contributed by atoms with Gasteiger partial charge < -0.3 is 0 Å². The monoisotopic (exact) mass is 227 g/mol. The summed E-state index contributed by atoms with van der Waals surface area (Å²) in [5, 5.41) is 0. The Kier molecular flexibility index (Phi) is 3.29. The van der Waals surface area contributed by atoms with E-state index in [0.717, 1.165) is 6.54 Å². The van der Waals surface area contributed by atoms with Crippen molar-refractivity contribution in [2.24, 2.45) is 0 Å².